The second kappa shape index (κ2) is 8.32. The van der Waals surface area contributed by atoms with Gasteiger partial charge in [0.25, 0.3) is 11.9 Å². The number of hydrogen-bond donors (Lipinski definition) is 2. The highest BCUT2D eigenvalue weighted by molar-refractivity contribution is 6.10. The molecule has 11 heteroatoms. The molecule has 0 bridgehead atoms. The number of urea groups is 1. The lowest BCUT2D eigenvalue weighted by Gasteiger charge is -2.22. The van der Waals surface area contributed by atoms with E-state index >= 15 is 0 Å². The Hall–Kier alpha value is -4.15. The third kappa shape index (κ3) is 4.24. The van der Waals surface area contributed by atoms with Crippen LogP contribution in [0, 0.1) is 5.82 Å². The van der Waals surface area contributed by atoms with Crippen molar-refractivity contribution in [1.29, 1.82) is 0 Å². The van der Waals surface area contributed by atoms with Crippen molar-refractivity contribution in [3.05, 3.63) is 65.9 Å². The first-order valence-electron chi connectivity index (χ1n) is 10.6. The number of nitrogens with zero attached hydrogens (tertiary/aromatic N) is 5. The lowest BCUT2D eigenvalue weighted by atomic mass is 9.92. The van der Waals surface area contributed by atoms with Gasteiger partial charge in [0.2, 0.25) is 5.91 Å². The minimum atomic E-state index is -1.41. The fourth-order valence-corrected chi connectivity index (χ4v) is 3.54. The third-order valence-corrected chi connectivity index (χ3v) is 5.49. The SMILES string of the molecule is CC(C)(C)c1cc(NC(=O)CN2C(=O)NC(C)(c3ccc(F)cc3)C2=O)n(-c2ncccn2)n1. The van der Waals surface area contributed by atoms with Crippen molar-refractivity contribution in [2.24, 2.45) is 0 Å². The van der Waals surface area contributed by atoms with Crippen LogP contribution in [0.3, 0.4) is 0 Å². The Morgan fingerprint density at radius 1 is 1.15 bits per heavy atom. The van der Waals surface area contributed by atoms with Crippen molar-refractivity contribution >= 4 is 23.7 Å². The monoisotopic (exact) mass is 465 g/mol. The number of carbonyl (C=O) groups is 3. The molecule has 176 valence electrons. The smallest absolute Gasteiger partial charge is 0.319 e. The molecule has 1 saturated heterocycles. The van der Waals surface area contributed by atoms with Crippen LogP contribution in [0.2, 0.25) is 0 Å². The van der Waals surface area contributed by atoms with E-state index < -0.39 is 35.7 Å². The summed E-state index contributed by atoms with van der Waals surface area (Å²) in [4.78, 5) is 47.7. The molecule has 3 aromatic rings. The average molecular weight is 465 g/mol. The van der Waals surface area contributed by atoms with Gasteiger partial charge in [-0.2, -0.15) is 9.78 Å². The van der Waals surface area contributed by atoms with E-state index in [1.807, 2.05) is 20.8 Å². The number of imide groups is 1. The van der Waals surface area contributed by atoms with Gasteiger partial charge in [0, 0.05) is 23.9 Å². The quantitative estimate of drug-likeness (QED) is 0.559. The number of anilines is 1. The summed E-state index contributed by atoms with van der Waals surface area (Å²) in [5.41, 5.74) is -0.635. The Morgan fingerprint density at radius 2 is 1.79 bits per heavy atom. The zero-order valence-corrected chi connectivity index (χ0v) is 19.2. The van der Waals surface area contributed by atoms with Crippen molar-refractivity contribution in [3.63, 3.8) is 0 Å². The molecule has 1 aromatic carbocycles. The number of nitrogens with one attached hydrogen (secondary N) is 2. The zero-order chi connectivity index (χ0) is 24.7. The topological polar surface area (TPSA) is 122 Å². The van der Waals surface area contributed by atoms with Gasteiger partial charge in [0.1, 0.15) is 23.7 Å². The first-order valence-corrected chi connectivity index (χ1v) is 10.6. The fourth-order valence-electron chi connectivity index (χ4n) is 3.54. The molecule has 34 heavy (non-hydrogen) atoms. The maximum Gasteiger partial charge on any atom is 0.325 e. The van der Waals surface area contributed by atoms with Crippen LogP contribution in [-0.4, -0.2) is 49.0 Å². The molecule has 10 nitrogen and oxygen atoms in total. The van der Waals surface area contributed by atoms with Crippen LogP contribution < -0.4 is 10.6 Å². The molecular formula is C23H24FN7O3. The number of aromatic nitrogens is 4. The Balaban J connectivity index is 1.56. The van der Waals surface area contributed by atoms with Crippen LogP contribution in [0.25, 0.3) is 5.95 Å². The molecule has 1 aliphatic rings. The van der Waals surface area contributed by atoms with Crippen LogP contribution in [0.1, 0.15) is 39.0 Å². The summed E-state index contributed by atoms with van der Waals surface area (Å²) < 4.78 is 14.7. The van der Waals surface area contributed by atoms with E-state index in [4.69, 9.17) is 0 Å². The highest BCUT2D eigenvalue weighted by Crippen LogP contribution is 2.29. The predicted molar refractivity (Wildman–Crippen MR) is 120 cm³/mol. The van der Waals surface area contributed by atoms with Crippen LogP contribution in [0.15, 0.2) is 48.8 Å². The summed E-state index contributed by atoms with van der Waals surface area (Å²) in [5, 5.41) is 9.82. The Kier molecular flexibility index (Phi) is 5.64. The van der Waals surface area contributed by atoms with Crippen molar-refractivity contribution in [2.75, 3.05) is 11.9 Å². The summed E-state index contributed by atoms with van der Waals surface area (Å²) in [6, 6.07) is 7.88. The summed E-state index contributed by atoms with van der Waals surface area (Å²) in [7, 11) is 0. The molecule has 0 radical (unpaired) electrons. The van der Waals surface area contributed by atoms with E-state index in [2.05, 4.69) is 25.7 Å². The summed E-state index contributed by atoms with van der Waals surface area (Å²) in [6.45, 7) is 6.91. The minimum Gasteiger partial charge on any atom is -0.319 e. The van der Waals surface area contributed by atoms with Crippen LogP contribution in [0.4, 0.5) is 15.0 Å². The van der Waals surface area contributed by atoms with Gasteiger partial charge in [-0.1, -0.05) is 32.9 Å². The van der Waals surface area contributed by atoms with Crippen LogP contribution in [-0.2, 0) is 20.5 Å². The maximum absolute atomic E-state index is 13.3. The van der Waals surface area contributed by atoms with Gasteiger partial charge >= 0.3 is 6.03 Å². The highest BCUT2D eigenvalue weighted by Gasteiger charge is 2.49. The average Bonchev–Trinajstić information content (AvgIpc) is 3.30. The minimum absolute atomic E-state index is 0.257. The Bertz CT molecular complexity index is 1250. The number of amides is 4. The van der Waals surface area contributed by atoms with Gasteiger partial charge in [-0.3, -0.25) is 14.5 Å². The van der Waals surface area contributed by atoms with Gasteiger partial charge in [0.05, 0.1) is 5.69 Å². The number of hydrogen-bond acceptors (Lipinski definition) is 6. The third-order valence-electron chi connectivity index (χ3n) is 5.49. The summed E-state index contributed by atoms with van der Waals surface area (Å²) >= 11 is 0. The molecule has 1 atom stereocenters. The molecule has 0 saturated carbocycles. The molecule has 2 aromatic heterocycles. The zero-order valence-electron chi connectivity index (χ0n) is 19.2. The number of benzene rings is 1. The van der Waals surface area contributed by atoms with E-state index in [0.717, 1.165) is 4.90 Å². The van der Waals surface area contributed by atoms with Gasteiger partial charge < -0.3 is 10.6 Å². The van der Waals surface area contributed by atoms with E-state index in [1.54, 1.807) is 24.5 Å². The van der Waals surface area contributed by atoms with E-state index in [1.165, 1.54) is 35.9 Å². The van der Waals surface area contributed by atoms with Crippen molar-refractivity contribution < 1.29 is 18.8 Å². The Labute approximate surface area is 195 Å². The van der Waals surface area contributed by atoms with Gasteiger partial charge in [-0.25, -0.2) is 19.2 Å². The molecule has 0 aliphatic carbocycles. The standard InChI is InChI=1S/C23H24FN7O3/c1-22(2,3)16-12-17(31(29-16)20-25-10-5-11-26-20)27-18(32)13-30-19(33)23(4,28-21(30)34)14-6-8-15(24)9-7-14/h5-12H,13H2,1-4H3,(H,27,32)(H,28,34). The number of halogens is 1. The van der Waals surface area contributed by atoms with Crippen molar-refractivity contribution in [1.82, 2.24) is 30.0 Å². The van der Waals surface area contributed by atoms with E-state index in [0.29, 0.717) is 17.1 Å². The largest absolute Gasteiger partial charge is 0.325 e. The first-order chi connectivity index (χ1) is 16.0. The summed E-state index contributed by atoms with van der Waals surface area (Å²) in [5.74, 6) is -1.13. The molecule has 1 fully saturated rings. The fraction of sp³-hybridized carbons (Fsp3) is 0.304. The molecular weight excluding hydrogens is 441 g/mol. The molecule has 1 unspecified atom stereocenters. The molecule has 0 spiro atoms. The van der Waals surface area contributed by atoms with Gasteiger partial charge in [-0.15, -0.1) is 0 Å². The normalized spacial score (nSPS) is 18.2. The number of carbonyl (C=O) groups excluding carboxylic acids is 3. The van der Waals surface area contributed by atoms with Gasteiger partial charge in [-0.05, 0) is 30.7 Å². The second-order valence-electron chi connectivity index (χ2n) is 9.13. The van der Waals surface area contributed by atoms with Crippen LogP contribution in [0.5, 0.6) is 0 Å². The van der Waals surface area contributed by atoms with E-state index in [9.17, 15) is 18.8 Å². The molecule has 1 aliphatic heterocycles. The molecule has 3 heterocycles. The lowest BCUT2D eigenvalue weighted by Crippen LogP contribution is -2.42. The predicted octanol–water partition coefficient (Wildman–Crippen LogP) is 2.50. The van der Waals surface area contributed by atoms with Gasteiger partial charge in [0.15, 0.2) is 0 Å². The second-order valence-corrected chi connectivity index (χ2v) is 9.13. The first kappa shape index (κ1) is 23.0. The van der Waals surface area contributed by atoms with Crippen molar-refractivity contribution in [3.8, 4) is 5.95 Å². The van der Waals surface area contributed by atoms with E-state index in [-0.39, 0.29) is 11.4 Å². The van der Waals surface area contributed by atoms with Crippen LogP contribution >= 0.6 is 0 Å². The molecule has 2 N–H and O–H groups in total. The lowest BCUT2D eigenvalue weighted by molar-refractivity contribution is -0.133. The number of rotatable bonds is 5. The summed E-state index contributed by atoms with van der Waals surface area (Å²) in [6.07, 6.45) is 3.10. The molecule has 4 amide bonds. The molecule has 4 rings (SSSR count). The Morgan fingerprint density at radius 3 is 2.41 bits per heavy atom. The highest BCUT2D eigenvalue weighted by atomic mass is 19.1. The maximum atomic E-state index is 13.3. The van der Waals surface area contributed by atoms with Crippen molar-refractivity contribution in [2.45, 2.75) is 38.6 Å².